The van der Waals surface area contributed by atoms with Crippen LogP contribution in [0, 0.1) is 0 Å². The summed E-state index contributed by atoms with van der Waals surface area (Å²) < 4.78 is 22.9. The molecule has 0 unspecified atom stereocenters. The molecule has 8 heteroatoms. The number of halogens is 1. The lowest BCUT2D eigenvalue weighted by Crippen LogP contribution is -2.11. The Kier molecular flexibility index (Phi) is 4.89. The van der Waals surface area contributed by atoms with Crippen LogP contribution in [-0.4, -0.2) is 25.6 Å². The molecule has 0 radical (unpaired) electrons. The minimum absolute atomic E-state index is 0.170. The van der Waals surface area contributed by atoms with Gasteiger partial charge in [-0.1, -0.05) is 23.7 Å². The first-order valence-corrected chi connectivity index (χ1v) is 10.3. The second kappa shape index (κ2) is 6.95. The van der Waals surface area contributed by atoms with Crippen LogP contribution in [0.2, 0.25) is 5.02 Å². The maximum absolute atomic E-state index is 12.3. The van der Waals surface area contributed by atoms with Crippen LogP contribution in [0.5, 0.6) is 0 Å². The van der Waals surface area contributed by atoms with Crippen LogP contribution in [-0.2, 0) is 9.84 Å². The Morgan fingerprint density at radius 1 is 1.08 bits per heavy atom. The second-order valence-electron chi connectivity index (χ2n) is 5.30. The van der Waals surface area contributed by atoms with Gasteiger partial charge in [-0.05, 0) is 36.4 Å². The van der Waals surface area contributed by atoms with E-state index in [-0.39, 0.29) is 10.8 Å². The zero-order valence-electron chi connectivity index (χ0n) is 13.1. The van der Waals surface area contributed by atoms with Crippen LogP contribution < -0.4 is 5.32 Å². The van der Waals surface area contributed by atoms with E-state index in [9.17, 15) is 13.2 Å². The molecule has 0 bridgehead atoms. The number of anilines is 1. The molecular formula is C17H13ClN2O3S2. The monoisotopic (exact) mass is 392 g/mol. The number of carbonyl (C=O) groups excluding carboxylic acids is 1. The molecule has 0 atom stereocenters. The fourth-order valence-corrected chi connectivity index (χ4v) is 3.58. The molecule has 0 aliphatic heterocycles. The lowest BCUT2D eigenvalue weighted by Gasteiger charge is -2.03. The third-order valence-electron chi connectivity index (χ3n) is 3.41. The van der Waals surface area contributed by atoms with E-state index in [1.54, 1.807) is 12.1 Å². The SMILES string of the molecule is CS(=O)(=O)c1ccc(C(=O)Nc2nc(-c3ccc(Cl)cc3)cs2)cc1. The molecule has 1 amide bonds. The molecule has 2 aromatic carbocycles. The Hall–Kier alpha value is -2.22. The molecule has 0 saturated heterocycles. The number of thiazole rings is 1. The summed E-state index contributed by atoms with van der Waals surface area (Å²) in [5.74, 6) is -0.350. The van der Waals surface area contributed by atoms with Crippen molar-refractivity contribution in [2.75, 3.05) is 11.6 Å². The van der Waals surface area contributed by atoms with Crippen molar-refractivity contribution in [3.8, 4) is 11.3 Å². The van der Waals surface area contributed by atoms with E-state index in [0.717, 1.165) is 17.5 Å². The normalized spacial score (nSPS) is 11.3. The van der Waals surface area contributed by atoms with Gasteiger partial charge in [-0.2, -0.15) is 0 Å². The Morgan fingerprint density at radius 2 is 1.72 bits per heavy atom. The number of aromatic nitrogens is 1. The molecule has 128 valence electrons. The van der Waals surface area contributed by atoms with E-state index in [2.05, 4.69) is 10.3 Å². The number of hydrogen-bond donors (Lipinski definition) is 1. The Balaban J connectivity index is 1.74. The Morgan fingerprint density at radius 3 is 2.32 bits per heavy atom. The predicted molar refractivity (Wildman–Crippen MR) is 100 cm³/mol. The minimum Gasteiger partial charge on any atom is -0.298 e. The summed E-state index contributed by atoms with van der Waals surface area (Å²) in [5, 5.41) is 5.65. The van der Waals surface area contributed by atoms with Crippen molar-refractivity contribution in [2.45, 2.75) is 4.90 Å². The van der Waals surface area contributed by atoms with Gasteiger partial charge in [-0.25, -0.2) is 13.4 Å². The van der Waals surface area contributed by atoms with Crippen LogP contribution >= 0.6 is 22.9 Å². The molecule has 0 aliphatic rings. The van der Waals surface area contributed by atoms with Crippen LogP contribution in [0.1, 0.15) is 10.4 Å². The first-order valence-electron chi connectivity index (χ1n) is 7.16. The summed E-state index contributed by atoms with van der Waals surface area (Å²) in [6.07, 6.45) is 1.12. The molecule has 1 aromatic heterocycles. The number of hydrogen-bond acceptors (Lipinski definition) is 5. The average molecular weight is 393 g/mol. The molecule has 0 saturated carbocycles. The van der Waals surface area contributed by atoms with Crippen molar-refractivity contribution in [3.05, 3.63) is 64.5 Å². The second-order valence-corrected chi connectivity index (χ2v) is 8.61. The Bertz CT molecular complexity index is 1010. The standard InChI is InChI=1S/C17H13ClN2O3S2/c1-25(22,23)14-8-4-12(5-9-14)16(21)20-17-19-15(10-24-17)11-2-6-13(18)7-3-11/h2-10H,1H3,(H,19,20,21). The minimum atomic E-state index is -3.29. The summed E-state index contributed by atoms with van der Waals surface area (Å²) in [4.78, 5) is 16.8. The number of rotatable bonds is 4. The predicted octanol–water partition coefficient (Wildman–Crippen LogP) is 4.12. The first-order chi connectivity index (χ1) is 11.8. The van der Waals surface area contributed by atoms with Crippen LogP contribution in [0.25, 0.3) is 11.3 Å². The number of benzene rings is 2. The molecule has 3 aromatic rings. The third kappa shape index (κ3) is 4.25. The molecule has 3 rings (SSSR count). The van der Waals surface area contributed by atoms with Gasteiger partial charge in [0.1, 0.15) is 0 Å². The van der Waals surface area contributed by atoms with Gasteiger partial charge in [0.2, 0.25) is 0 Å². The molecule has 0 spiro atoms. The van der Waals surface area contributed by atoms with Crippen molar-refractivity contribution in [1.29, 1.82) is 0 Å². The van der Waals surface area contributed by atoms with Crippen molar-refractivity contribution in [3.63, 3.8) is 0 Å². The first kappa shape index (κ1) is 17.6. The molecular weight excluding hydrogens is 380 g/mol. The van der Waals surface area contributed by atoms with Crippen LogP contribution in [0.4, 0.5) is 5.13 Å². The topological polar surface area (TPSA) is 76.1 Å². The van der Waals surface area contributed by atoms with Gasteiger partial charge in [0.15, 0.2) is 15.0 Å². The maximum Gasteiger partial charge on any atom is 0.257 e. The number of amides is 1. The number of sulfone groups is 1. The van der Waals surface area contributed by atoms with Gasteiger partial charge in [-0.3, -0.25) is 10.1 Å². The summed E-state index contributed by atoms with van der Waals surface area (Å²) in [7, 11) is -3.29. The van der Waals surface area contributed by atoms with E-state index in [0.29, 0.717) is 15.7 Å². The van der Waals surface area contributed by atoms with Crippen molar-refractivity contribution in [1.82, 2.24) is 4.98 Å². The smallest absolute Gasteiger partial charge is 0.257 e. The molecule has 25 heavy (non-hydrogen) atoms. The Labute approximate surface area is 154 Å². The van der Waals surface area contributed by atoms with E-state index in [1.807, 2.05) is 17.5 Å². The van der Waals surface area contributed by atoms with E-state index >= 15 is 0 Å². The fourth-order valence-electron chi connectivity index (χ4n) is 2.11. The zero-order valence-corrected chi connectivity index (χ0v) is 15.5. The van der Waals surface area contributed by atoms with E-state index in [4.69, 9.17) is 11.6 Å². The molecule has 0 aliphatic carbocycles. The maximum atomic E-state index is 12.3. The summed E-state index contributed by atoms with van der Waals surface area (Å²) >= 11 is 7.17. The molecule has 0 fully saturated rings. The molecule has 1 N–H and O–H groups in total. The highest BCUT2D eigenvalue weighted by Gasteiger charge is 2.12. The largest absolute Gasteiger partial charge is 0.298 e. The van der Waals surface area contributed by atoms with Gasteiger partial charge < -0.3 is 0 Å². The number of nitrogens with zero attached hydrogens (tertiary/aromatic N) is 1. The van der Waals surface area contributed by atoms with Crippen LogP contribution in [0.3, 0.4) is 0 Å². The van der Waals surface area contributed by atoms with Gasteiger partial charge in [0.05, 0.1) is 10.6 Å². The number of carbonyl (C=O) groups is 1. The number of nitrogens with one attached hydrogen (secondary N) is 1. The summed E-state index contributed by atoms with van der Waals surface area (Å²) in [6, 6.07) is 13.0. The highest BCUT2D eigenvalue weighted by molar-refractivity contribution is 7.90. The molecule has 1 heterocycles. The van der Waals surface area contributed by atoms with Crippen molar-refractivity contribution >= 4 is 43.8 Å². The highest BCUT2D eigenvalue weighted by Crippen LogP contribution is 2.26. The lowest BCUT2D eigenvalue weighted by atomic mass is 10.2. The molecule has 5 nitrogen and oxygen atoms in total. The third-order valence-corrected chi connectivity index (χ3v) is 5.55. The van der Waals surface area contributed by atoms with E-state index in [1.165, 1.54) is 35.6 Å². The van der Waals surface area contributed by atoms with E-state index < -0.39 is 9.84 Å². The average Bonchev–Trinajstić information content (AvgIpc) is 3.03. The highest BCUT2D eigenvalue weighted by atomic mass is 35.5. The quantitative estimate of drug-likeness (QED) is 0.724. The zero-order chi connectivity index (χ0) is 18.0. The van der Waals surface area contributed by atoms with Gasteiger partial charge in [0, 0.05) is 27.8 Å². The summed E-state index contributed by atoms with van der Waals surface area (Å²) in [5.41, 5.74) is 2.00. The van der Waals surface area contributed by atoms with Gasteiger partial charge in [-0.15, -0.1) is 11.3 Å². The van der Waals surface area contributed by atoms with Crippen LogP contribution in [0.15, 0.2) is 58.8 Å². The van der Waals surface area contributed by atoms with Gasteiger partial charge in [0.25, 0.3) is 5.91 Å². The van der Waals surface area contributed by atoms with Crippen molar-refractivity contribution < 1.29 is 13.2 Å². The lowest BCUT2D eigenvalue weighted by molar-refractivity contribution is 0.102. The van der Waals surface area contributed by atoms with Gasteiger partial charge >= 0.3 is 0 Å². The fraction of sp³-hybridized carbons (Fsp3) is 0.0588. The summed E-state index contributed by atoms with van der Waals surface area (Å²) in [6.45, 7) is 0. The van der Waals surface area contributed by atoms with Crippen molar-refractivity contribution in [2.24, 2.45) is 0 Å².